The summed E-state index contributed by atoms with van der Waals surface area (Å²) in [4.78, 5) is -1.14. The van der Waals surface area contributed by atoms with Crippen LogP contribution in [0.2, 0.25) is 0 Å². The number of aromatic hydroxyl groups is 2. The Kier molecular flexibility index (Phi) is 9.20. The van der Waals surface area contributed by atoms with Gasteiger partial charge in [0.25, 0.3) is 20.2 Å². The molecule has 0 saturated heterocycles. The van der Waals surface area contributed by atoms with E-state index in [0.29, 0.717) is 45.8 Å². The van der Waals surface area contributed by atoms with Crippen molar-refractivity contribution < 1.29 is 36.2 Å². The minimum Gasteiger partial charge on any atom is -0.505 e. The molecule has 0 aliphatic rings. The van der Waals surface area contributed by atoms with E-state index in [4.69, 9.17) is 0 Å². The highest BCUT2D eigenvalue weighted by Crippen LogP contribution is 2.43. The van der Waals surface area contributed by atoms with Gasteiger partial charge >= 0.3 is 0 Å². The summed E-state index contributed by atoms with van der Waals surface area (Å²) < 4.78 is 68.4. The molecule has 0 radical (unpaired) electrons. The topological polar surface area (TPSA) is 199 Å². The molecule has 14 heteroatoms. The van der Waals surface area contributed by atoms with Gasteiger partial charge < -0.3 is 10.2 Å². The Morgan fingerprint density at radius 2 is 0.900 bits per heavy atom. The molecule has 50 heavy (non-hydrogen) atoms. The van der Waals surface area contributed by atoms with Gasteiger partial charge in [0, 0.05) is 10.8 Å². The minimum atomic E-state index is -4.74. The van der Waals surface area contributed by atoms with Crippen LogP contribution in [0.25, 0.3) is 32.7 Å². The fourth-order valence-electron chi connectivity index (χ4n) is 5.67. The number of nitrogens with zero attached hydrogens (tertiary/aromatic N) is 4. The molecule has 0 saturated carbocycles. The van der Waals surface area contributed by atoms with Crippen LogP contribution in [-0.4, -0.2) is 36.2 Å². The zero-order chi connectivity index (χ0) is 35.8. The molecule has 0 atom stereocenters. The predicted molar refractivity (Wildman–Crippen MR) is 190 cm³/mol. The van der Waals surface area contributed by atoms with Crippen LogP contribution in [0.3, 0.4) is 0 Å². The Labute approximate surface area is 287 Å². The van der Waals surface area contributed by atoms with Gasteiger partial charge in [-0.1, -0.05) is 74.5 Å². The number of phenols is 2. The van der Waals surface area contributed by atoms with E-state index in [2.05, 4.69) is 20.5 Å². The molecule has 0 bridgehead atoms. The largest absolute Gasteiger partial charge is 0.505 e. The van der Waals surface area contributed by atoms with Crippen LogP contribution in [0.5, 0.6) is 11.5 Å². The molecule has 6 aromatic carbocycles. The summed E-state index contributed by atoms with van der Waals surface area (Å²) >= 11 is 0. The molecule has 6 rings (SSSR count). The number of aryl methyl sites for hydroxylation is 2. The van der Waals surface area contributed by atoms with Gasteiger partial charge in [-0.2, -0.15) is 27.1 Å². The standard InChI is InChI=1S/C36H30N4O8S2/c1-3-21-17-23(13-15-29(21)37-39-33-31(49(43,44)45)19-25-9-5-7-11-27(25)35(33)41)24-14-16-30(22(4-2)18-24)38-40-34-32(50(46,47)48)20-26-10-6-8-12-28(26)36(34)42/h5-20,41-42H,3-4H2,1-2H3,(H,43,44,45)(H,46,47,48). The van der Waals surface area contributed by atoms with Gasteiger partial charge in [-0.3, -0.25) is 9.11 Å². The second kappa shape index (κ2) is 13.4. The van der Waals surface area contributed by atoms with Crippen molar-refractivity contribution in [1.29, 1.82) is 0 Å². The van der Waals surface area contributed by atoms with Crippen LogP contribution >= 0.6 is 0 Å². The first kappa shape index (κ1) is 34.3. The van der Waals surface area contributed by atoms with Crippen LogP contribution in [0.1, 0.15) is 25.0 Å². The number of benzene rings is 6. The van der Waals surface area contributed by atoms with E-state index in [9.17, 15) is 36.2 Å². The third kappa shape index (κ3) is 6.69. The van der Waals surface area contributed by atoms with Gasteiger partial charge in [-0.25, -0.2) is 0 Å². The Morgan fingerprint density at radius 1 is 0.520 bits per heavy atom. The maximum Gasteiger partial charge on any atom is 0.296 e. The van der Waals surface area contributed by atoms with Gasteiger partial charge in [-0.15, -0.1) is 10.2 Å². The maximum atomic E-state index is 12.2. The van der Waals surface area contributed by atoms with Crippen molar-refractivity contribution in [3.8, 4) is 22.6 Å². The average molecular weight is 711 g/mol. The molecule has 0 aliphatic heterocycles. The summed E-state index contributed by atoms with van der Waals surface area (Å²) in [5.41, 5.74) is 3.29. The minimum absolute atomic E-state index is 0.350. The third-order valence-electron chi connectivity index (χ3n) is 8.25. The zero-order valence-corrected chi connectivity index (χ0v) is 28.3. The molecule has 0 fully saturated rings. The summed E-state index contributed by atoms with van der Waals surface area (Å²) in [7, 11) is -9.48. The first-order valence-electron chi connectivity index (χ1n) is 15.3. The normalized spacial score (nSPS) is 12.5. The fourth-order valence-corrected chi connectivity index (χ4v) is 6.99. The Hall–Kier alpha value is -5.54. The molecule has 12 nitrogen and oxygen atoms in total. The van der Waals surface area contributed by atoms with Crippen molar-refractivity contribution >= 4 is 64.5 Å². The fraction of sp³-hybridized carbons (Fsp3) is 0.111. The van der Waals surface area contributed by atoms with E-state index in [1.54, 1.807) is 72.8 Å². The number of rotatable bonds is 9. The maximum absolute atomic E-state index is 12.2. The molecular formula is C36H30N4O8S2. The van der Waals surface area contributed by atoms with E-state index >= 15 is 0 Å². The van der Waals surface area contributed by atoms with Crippen molar-refractivity contribution in [3.63, 3.8) is 0 Å². The number of phenolic OH excluding ortho intramolecular Hbond substituents is 2. The Bertz CT molecular complexity index is 2420. The van der Waals surface area contributed by atoms with E-state index < -0.39 is 41.5 Å². The lowest BCUT2D eigenvalue weighted by atomic mass is 9.98. The van der Waals surface area contributed by atoms with Gasteiger partial charge in [0.1, 0.15) is 21.2 Å². The van der Waals surface area contributed by atoms with E-state index in [-0.39, 0.29) is 11.4 Å². The van der Waals surface area contributed by atoms with Crippen molar-refractivity contribution in [2.45, 2.75) is 36.5 Å². The lowest BCUT2D eigenvalue weighted by molar-refractivity contribution is 0.471. The highest BCUT2D eigenvalue weighted by Gasteiger charge is 2.23. The molecule has 4 N–H and O–H groups in total. The molecule has 0 spiro atoms. The van der Waals surface area contributed by atoms with Gasteiger partial charge in [-0.05, 0) is 82.3 Å². The first-order chi connectivity index (χ1) is 23.8. The third-order valence-corrected chi connectivity index (χ3v) is 9.98. The number of fused-ring (bicyclic) bond motifs is 2. The zero-order valence-electron chi connectivity index (χ0n) is 26.7. The Balaban J connectivity index is 1.35. The van der Waals surface area contributed by atoms with E-state index in [1.165, 1.54) is 12.1 Å². The van der Waals surface area contributed by atoms with Crippen molar-refractivity contribution in [3.05, 3.63) is 108 Å². The SMILES string of the molecule is CCc1cc(-c2ccc(N=Nc3c(S(=O)(=O)O)cc4ccccc4c3O)c(CC)c2)ccc1N=Nc1c(S(=O)(=O)O)cc2ccccc2c1O. The molecule has 6 aromatic rings. The lowest BCUT2D eigenvalue weighted by Crippen LogP contribution is -1.99. The smallest absolute Gasteiger partial charge is 0.296 e. The molecule has 0 amide bonds. The summed E-state index contributed by atoms with van der Waals surface area (Å²) in [5, 5.41) is 39.9. The van der Waals surface area contributed by atoms with E-state index in [0.717, 1.165) is 22.3 Å². The quantitative estimate of drug-likeness (QED) is 0.0839. The Morgan fingerprint density at radius 3 is 1.26 bits per heavy atom. The van der Waals surface area contributed by atoms with Crippen molar-refractivity contribution in [2.75, 3.05) is 0 Å². The highest BCUT2D eigenvalue weighted by atomic mass is 32.2. The summed E-state index contributed by atoms with van der Waals surface area (Å²) in [5.74, 6) is -0.855. The van der Waals surface area contributed by atoms with Crippen LogP contribution in [0.4, 0.5) is 22.7 Å². The van der Waals surface area contributed by atoms with Gasteiger partial charge in [0.2, 0.25) is 0 Å². The summed E-state index contributed by atoms with van der Waals surface area (Å²) in [6.07, 6.45) is 1.07. The molecule has 0 unspecified atom stereocenters. The second-order valence-corrected chi connectivity index (χ2v) is 14.1. The number of hydrogen-bond donors (Lipinski definition) is 4. The highest BCUT2D eigenvalue weighted by molar-refractivity contribution is 7.86. The molecule has 0 heterocycles. The molecule has 254 valence electrons. The van der Waals surface area contributed by atoms with Crippen LogP contribution in [0, 0.1) is 0 Å². The molecule has 0 aliphatic carbocycles. The molecule has 0 aromatic heterocycles. The molecular weight excluding hydrogens is 681 g/mol. The number of azo groups is 2. The van der Waals surface area contributed by atoms with E-state index in [1.807, 2.05) is 26.0 Å². The number of hydrogen-bond acceptors (Lipinski definition) is 10. The second-order valence-electron chi connectivity index (χ2n) is 11.3. The lowest BCUT2D eigenvalue weighted by Gasteiger charge is -2.11. The van der Waals surface area contributed by atoms with Crippen LogP contribution in [0.15, 0.2) is 127 Å². The predicted octanol–water partition coefficient (Wildman–Crippen LogP) is 9.52. The average Bonchev–Trinajstić information content (AvgIpc) is 3.09. The first-order valence-corrected chi connectivity index (χ1v) is 18.2. The summed E-state index contributed by atoms with van der Waals surface area (Å²) in [6, 6.07) is 26.4. The van der Waals surface area contributed by atoms with Gasteiger partial charge in [0.15, 0.2) is 11.5 Å². The van der Waals surface area contributed by atoms with Crippen LogP contribution in [-0.2, 0) is 33.1 Å². The monoisotopic (exact) mass is 710 g/mol. The summed E-state index contributed by atoms with van der Waals surface area (Å²) in [6.45, 7) is 3.83. The van der Waals surface area contributed by atoms with Gasteiger partial charge in [0.05, 0.1) is 11.4 Å². The van der Waals surface area contributed by atoms with Crippen molar-refractivity contribution in [2.24, 2.45) is 20.5 Å². The van der Waals surface area contributed by atoms with Crippen molar-refractivity contribution in [1.82, 2.24) is 0 Å². The van der Waals surface area contributed by atoms with Crippen LogP contribution < -0.4 is 0 Å².